The molecule has 1 heterocycles. The van der Waals surface area contributed by atoms with Gasteiger partial charge in [0.25, 0.3) is 0 Å². The predicted octanol–water partition coefficient (Wildman–Crippen LogP) is 2.34. The van der Waals surface area contributed by atoms with Crippen molar-refractivity contribution in [3.8, 4) is 5.75 Å². The van der Waals surface area contributed by atoms with Crippen LogP contribution in [-0.2, 0) is 20.7 Å². The third-order valence-corrected chi connectivity index (χ3v) is 3.78. The van der Waals surface area contributed by atoms with Crippen LogP contribution in [0, 0.1) is 5.82 Å². The van der Waals surface area contributed by atoms with Crippen LogP contribution in [0.3, 0.4) is 0 Å². The molecule has 1 atom stereocenters. The molecule has 5 nitrogen and oxygen atoms in total. The molecule has 1 aliphatic heterocycles. The fourth-order valence-corrected chi connectivity index (χ4v) is 2.64. The summed E-state index contributed by atoms with van der Waals surface area (Å²) in [6, 6.07) is 12.9. The van der Waals surface area contributed by atoms with E-state index in [0.717, 1.165) is 0 Å². The van der Waals surface area contributed by atoms with E-state index in [4.69, 9.17) is 9.47 Å². The van der Waals surface area contributed by atoms with Crippen molar-refractivity contribution in [2.75, 3.05) is 18.6 Å². The summed E-state index contributed by atoms with van der Waals surface area (Å²) in [5.41, 5.74) is 1.15. The number of fused-ring (bicyclic) bond motifs is 1. The van der Waals surface area contributed by atoms with Gasteiger partial charge in [-0.2, -0.15) is 0 Å². The topological polar surface area (TPSA) is 55.8 Å². The lowest BCUT2D eigenvalue weighted by molar-refractivity contribution is -0.148. The molecule has 0 aromatic heterocycles. The largest absolute Gasteiger partial charge is 0.475 e. The van der Waals surface area contributed by atoms with Crippen LogP contribution in [0.2, 0.25) is 0 Å². The first-order valence-electron chi connectivity index (χ1n) is 7.47. The Labute approximate surface area is 138 Å². The number of para-hydroxylation sites is 2. The van der Waals surface area contributed by atoms with Gasteiger partial charge in [-0.25, -0.2) is 9.18 Å². The fourth-order valence-electron chi connectivity index (χ4n) is 2.64. The number of hydrogen-bond donors (Lipinski definition) is 0. The molecule has 2 aromatic carbocycles. The lowest BCUT2D eigenvalue weighted by Crippen LogP contribution is -2.48. The standard InChI is InChI=1S/C18H16FNO4/c1-23-18(22)16-11-20(14-7-2-3-8-15(14)24-16)17(21)10-12-5-4-6-13(19)9-12/h2-9,16H,10-11H2,1H3/t16-/m1/s1. The average molecular weight is 329 g/mol. The quantitative estimate of drug-likeness (QED) is 0.811. The van der Waals surface area contributed by atoms with E-state index in [2.05, 4.69) is 0 Å². The number of methoxy groups -OCH3 is 1. The molecule has 0 bridgehead atoms. The van der Waals surface area contributed by atoms with Gasteiger partial charge in [-0.05, 0) is 29.8 Å². The van der Waals surface area contributed by atoms with E-state index in [1.807, 2.05) is 0 Å². The summed E-state index contributed by atoms with van der Waals surface area (Å²) in [5.74, 6) is -0.750. The van der Waals surface area contributed by atoms with Crippen LogP contribution in [0.1, 0.15) is 5.56 Å². The third-order valence-electron chi connectivity index (χ3n) is 3.78. The Morgan fingerprint density at radius 1 is 1.25 bits per heavy atom. The first-order valence-corrected chi connectivity index (χ1v) is 7.47. The molecule has 124 valence electrons. The Morgan fingerprint density at radius 2 is 2.04 bits per heavy atom. The van der Waals surface area contributed by atoms with Crippen LogP contribution in [0.25, 0.3) is 0 Å². The molecule has 0 unspecified atom stereocenters. The van der Waals surface area contributed by atoms with E-state index >= 15 is 0 Å². The smallest absolute Gasteiger partial charge is 0.348 e. The van der Waals surface area contributed by atoms with Gasteiger partial charge in [0.2, 0.25) is 12.0 Å². The maximum absolute atomic E-state index is 13.3. The predicted molar refractivity (Wildman–Crippen MR) is 85.3 cm³/mol. The zero-order chi connectivity index (χ0) is 17.1. The molecule has 6 heteroatoms. The number of ether oxygens (including phenoxy) is 2. The van der Waals surface area contributed by atoms with Gasteiger partial charge in [-0.1, -0.05) is 24.3 Å². The lowest BCUT2D eigenvalue weighted by atomic mass is 10.1. The van der Waals surface area contributed by atoms with Crippen LogP contribution >= 0.6 is 0 Å². The molecule has 0 fully saturated rings. The number of halogens is 1. The van der Waals surface area contributed by atoms with Crippen LogP contribution in [0.5, 0.6) is 5.75 Å². The number of amides is 1. The molecule has 0 saturated carbocycles. The Kier molecular flexibility index (Phi) is 4.46. The van der Waals surface area contributed by atoms with Crippen molar-refractivity contribution < 1.29 is 23.5 Å². The molecule has 1 aliphatic rings. The second-order valence-electron chi connectivity index (χ2n) is 5.41. The highest BCUT2D eigenvalue weighted by Crippen LogP contribution is 2.33. The second kappa shape index (κ2) is 6.70. The summed E-state index contributed by atoms with van der Waals surface area (Å²) in [7, 11) is 1.27. The molecular weight excluding hydrogens is 313 g/mol. The number of benzene rings is 2. The minimum atomic E-state index is -0.888. The van der Waals surface area contributed by atoms with E-state index < -0.39 is 17.9 Å². The number of hydrogen-bond acceptors (Lipinski definition) is 4. The molecule has 0 spiro atoms. The zero-order valence-electron chi connectivity index (χ0n) is 13.1. The summed E-state index contributed by atoms with van der Waals surface area (Å²) in [4.78, 5) is 26.0. The first kappa shape index (κ1) is 16.0. The lowest BCUT2D eigenvalue weighted by Gasteiger charge is -2.33. The zero-order valence-corrected chi connectivity index (χ0v) is 13.1. The van der Waals surface area contributed by atoms with E-state index in [9.17, 15) is 14.0 Å². The van der Waals surface area contributed by atoms with Crippen LogP contribution in [0.15, 0.2) is 48.5 Å². The Balaban J connectivity index is 1.87. The van der Waals surface area contributed by atoms with Gasteiger partial charge in [0.1, 0.15) is 11.6 Å². The molecule has 3 rings (SSSR count). The number of carbonyl (C=O) groups is 2. The van der Waals surface area contributed by atoms with E-state index in [0.29, 0.717) is 17.0 Å². The van der Waals surface area contributed by atoms with Gasteiger partial charge in [0.05, 0.1) is 25.8 Å². The van der Waals surface area contributed by atoms with Crippen molar-refractivity contribution in [2.45, 2.75) is 12.5 Å². The van der Waals surface area contributed by atoms with Crippen molar-refractivity contribution in [1.29, 1.82) is 0 Å². The summed E-state index contributed by atoms with van der Waals surface area (Å²) in [6.45, 7) is 0.0534. The van der Waals surface area contributed by atoms with Gasteiger partial charge in [0.15, 0.2) is 0 Å². The van der Waals surface area contributed by atoms with Crippen molar-refractivity contribution in [3.63, 3.8) is 0 Å². The molecule has 0 saturated heterocycles. The highest BCUT2D eigenvalue weighted by Gasteiger charge is 2.34. The van der Waals surface area contributed by atoms with Crippen LogP contribution < -0.4 is 9.64 Å². The molecule has 2 aromatic rings. The molecular formula is C18H16FNO4. The van der Waals surface area contributed by atoms with E-state index in [-0.39, 0.29) is 18.9 Å². The summed E-state index contributed by atoms with van der Waals surface area (Å²) >= 11 is 0. The second-order valence-corrected chi connectivity index (χ2v) is 5.41. The normalized spacial score (nSPS) is 16.1. The van der Waals surface area contributed by atoms with Gasteiger partial charge in [-0.3, -0.25) is 4.79 Å². The van der Waals surface area contributed by atoms with Crippen molar-refractivity contribution in [3.05, 3.63) is 59.9 Å². The minimum Gasteiger partial charge on any atom is -0.475 e. The highest BCUT2D eigenvalue weighted by molar-refractivity contribution is 5.97. The average Bonchev–Trinajstić information content (AvgIpc) is 2.60. The minimum absolute atomic E-state index is 0.0278. The van der Waals surface area contributed by atoms with Crippen LogP contribution in [0.4, 0.5) is 10.1 Å². The van der Waals surface area contributed by atoms with E-state index in [1.165, 1.54) is 24.1 Å². The number of anilines is 1. The van der Waals surface area contributed by atoms with Gasteiger partial charge in [-0.15, -0.1) is 0 Å². The van der Waals surface area contributed by atoms with Gasteiger partial charge >= 0.3 is 5.97 Å². The van der Waals surface area contributed by atoms with Gasteiger partial charge < -0.3 is 14.4 Å². The van der Waals surface area contributed by atoms with Crippen molar-refractivity contribution in [2.24, 2.45) is 0 Å². The third kappa shape index (κ3) is 3.22. The Bertz CT molecular complexity index is 777. The number of nitrogens with zero attached hydrogens (tertiary/aromatic N) is 1. The maximum atomic E-state index is 13.3. The van der Waals surface area contributed by atoms with Crippen LogP contribution in [-0.4, -0.2) is 31.6 Å². The van der Waals surface area contributed by atoms with Crippen molar-refractivity contribution >= 4 is 17.6 Å². The fraction of sp³-hybridized carbons (Fsp3) is 0.222. The van der Waals surface area contributed by atoms with E-state index in [1.54, 1.807) is 36.4 Å². The number of carbonyl (C=O) groups excluding carboxylic acids is 2. The monoisotopic (exact) mass is 329 g/mol. The SMILES string of the molecule is COC(=O)[C@H]1CN(C(=O)Cc2cccc(F)c2)c2ccccc2O1. The number of rotatable bonds is 3. The highest BCUT2D eigenvalue weighted by atomic mass is 19.1. The summed E-state index contributed by atoms with van der Waals surface area (Å²) in [6.07, 6.45) is -0.860. The van der Waals surface area contributed by atoms with Gasteiger partial charge in [0, 0.05) is 0 Å². The maximum Gasteiger partial charge on any atom is 0.348 e. The summed E-state index contributed by atoms with van der Waals surface area (Å²) in [5, 5.41) is 0. The summed E-state index contributed by atoms with van der Waals surface area (Å²) < 4.78 is 23.6. The Morgan fingerprint density at radius 3 is 2.79 bits per heavy atom. The molecule has 0 aliphatic carbocycles. The Hall–Kier alpha value is -2.89. The molecule has 1 amide bonds. The number of esters is 1. The molecule has 0 radical (unpaired) electrons. The molecule has 0 N–H and O–H groups in total. The van der Waals surface area contributed by atoms with Crippen molar-refractivity contribution in [1.82, 2.24) is 0 Å². The first-order chi connectivity index (χ1) is 11.6. The molecule has 24 heavy (non-hydrogen) atoms.